The summed E-state index contributed by atoms with van der Waals surface area (Å²) in [6.07, 6.45) is 7.15. The monoisotopic (exact) mass is 499 g/mol. The van der Waals surface area contributed by atoms with Crippen LogP contribution in [0.1, 0.15) is 44.3 Å². The maximum absolute atomic E-state index is 5.36. The summed E-state index contributed by atoms with van der Waals surface area (Å²) in [6, 6.07) is 8.31. The highest BCUT2D eigenvalue weighted by molar-refractivity contribution is 14.0. The number of rotatable bonds is 7. The van der Waals surface area contributed by atoms with Crippen LogP contribution in [-0.4, -0.2) is 36.5 Å². The van der Waals surface area contributed by atoms with E-state index >= 15 is 0 Å². The topological polar surface area (TPSA) is 72.7 Å². The Morgan fingerprint density at radius 3 is 2.61 bits per heavy atom. The fourth-order valence-electron chi connectivity index (χ4n) is 3.35. The quantitative estimate of drug-likeness (QED) is 0.339. The second kappa shape index (κ2) is 11.1. The molecule has 1 saturated carbocycles. The molecular weight excluding hydrogens is 469 g/mol. The van der Waals surface area contributed by atoms with E-state index < -0.39 is 0 Å². The first kappa shape index (κ1) is 22.3. The van der Waals surface area contributed by atoms with E-state index in [1.165, 1.54) is 25.7 Å². The number of guanidine groups is 1. The van der Waals surface area contributed by atoms with Crippen LogP contribution in [0.15, 0.2) is 35.5 Å². The van der Waals surface area contributed by atoms with Crippen LogP contribution in [0.25, 0.3) is 0 Å². The number of hydrogen-bond acceptors (Lipinski definition) is 4. The Balaban J connectivity index is 0.00000280. The molecule has 0 saturated heterocycles. The van der Waals surface area contributed by atoms with E-state index in [4.69, 9.17) is 14.6 Å². The van der Waals surface area contributed by atoms with Crippen LogP contribution >= 0.6 is 24.0 Å². The second-order valence-corrected chi connectivity index (χ2v) is 6.62. The van der Waals surface area contributed by atoms with E-state index in [0.29, 0.717) is 30.0 Å². The minimum absolute atomic E-state index is 0. The Labute approximate surface area is 183 Å². The third-order valence-electron chi connectivity index (χ3n) is 4.75. The minimum atomic E-state index is 0. The van der Waals surface area contributed by atoms with Crippen LogP contribution in [0.4, 0.5) is 5.69 Å². The van der Waals surface area contributed by atoms with Crippen molar-refractivity contribution in [3.05, 3.63) is 36.2 Å². The van der Waals surface area contributed by atoms with Gasteiger partial charge in [-0.3, -0.25) is 4.68 Å². The standard InChI is InChI=1S/C20H29N5O2.HI/c1-4-21-20(23-15-9-10-18(26-2)19(13-15)27-3)22-14-16-11-12-25(24-16)17-7-5-6-8-17;/h9-13,17H,4-8,14H2,1-3H3,(H2,21,22,23);1H. The number of methoxy groups -OCH3 is 2. The first-order chi connectivity index (χ1) is 13.2. The number of hydrogen-bond donors (Lipinski definition) is 2. The van der Waals surface area contributed by atoms with Gasteiger partial charge in [0.25, 0.3) is 0 Å². The lowest BCUT2D eigenvalue weighted by Crippen LogP contribution is -2.30. The van der Waals surface area contributed by atoms with Crippen molar-refractivity contribution in [1.82, 2.24) is 15.1 Å². The Kier molecular flexibility index (Phi) is 8.88. The SMILES string of the molecule is CCNC(=NCc1ccn(C2CCCC2)n1)Nc1ccc(OC)c(OC)c1.I. The van der Waals surface area contributed by atoms with Crippen molar-refractivity contribution in [3.8, 4) is 11.5 Å². The summed E-state index contributed by atoms with van der Waals surface area (Å²) < 4.78 is 12.7. The Morgan fingerprint density at radius 1 is 1.18 bits per heavy atom. The van der Waals surface area contributed by atoms with Gasteiger partial charge in [0.15, 0.2) is 17.5 Å². The van der Waals surface area contributed by atoms with Crippen molar-refractivity contribution < 1.29 is 9.47 Å². The maximum atomic E-state index is 5.36. The molecule has 1 aromatic heterocycles. The lowest BCUT2D eigenvalue weighted by Gasteiger charge is -2.13. The van der Waals surface area contributed by atoms with Crippen LogP contribution in [0, 0.1) is 0 Å². The third-order valence-corrected chi connectivity index (χ3v) is 4.75. The molecule has 3 rings (SSSR count). The average Bonchev–Trinajstić information content (AvgIpc) is 3.37. The fraction of sp³-hybridized carbons (Fsp3) is 0.500. The Morgan fingerprint density at radius 2 is 1.93 bits per heavy atom. The maximum Gasteiger partial charge on any atom is 0.196 e. The third kappa shape index (κ3) is 5.76. The molecule has 1 heterocycles. The molecule has 0 atom stereocenters. The van der Waals surface area contributed by atoms with Crippen LogP contribution in [0.3, 0.4) is 0 Å². The smallest absolute Gasteiger partial charge is 0.196 e. The van der Waals surface area contributed by atoms with Crippen molar-refractivity contribution in [2.24, 2.45) is 4.99 Å². The molecule has 1 fully saturated rings. The minimum Gasteiger partial charge on any atom is -0.493 e. The lowest BCUT2D eigenvalue weighted by atomic mass is 10.3. The summed E-state index contributed by atoms with van der Waals surface area (Å²) in [6.45, 7) is 3.35. The van der Waals surface area contributed by atoms with E-state index in [1.54, 1.807) is 14.2 Å². The van der Waals surface area contributed by atoms with Crippen LogP contribution in [0.5, 0.6) is 11.5 Å². The van der Waals surface area contributed by atoms with Crippen molar-refractivity contribution in [3.63, 3.8) is 0 Å². The molecule has 154 valence electrons. The van der Waals surface area contributed by atoms with Gasteiger partial charge in [0.05, 0.1) is 32.5 Å². The van der Waals surface area contributed by atoms with E-state index in [-0.39, 0.29) is 24.0 Å². The molecule has 1 aliphatic rings. The molecule has 0 amide bonds. The van der Waals surface area contributed by atoms with Crippen LogP contribution in [0.2, 0.25) is 0 Å². The fourth-order valence-corrected chi connectivity index (χ4v) is 3.35. The number of halogens is 1. The number of anilines is 1. The number of aliphatic imine (C=N–C) groups is 1. The summed E-state index contributed by atoms with van der Waals surface area (Å²) in [5.41, 5.74) is 1.86. The molecule has 8 heteroatoms. The van der Waals surface area contributed by atoms with Gasteiger partial charge in [0, 0.05) is 24.5 Å². The molecule has 0 aliphatic heterocycles. The predicted molar refractivity (Wildman–Crippen MR) is 123 cm³/mol. The van der Waals surface area contributed by atoms with Gasteiger partial charge < -0.3 is 20.1 Å². The summed E-state index contributed by atoms with van der Waals surface area (Å²) in [5, 5.41) is 11.3. The van der Waals surface area contributed by atoms with E-state index in [2.05, 4.69) is 32.6 Å². The predicted octanol–water partition coefficient (Wildman–Crippen LogP) is 4.21. The number of ether oxygens (including phenoxy) is 2. The van der Waals surface area contributed by atoms with Gasteiger partial charge in [-0.25, -0.2) is 4.99 Å². The molecule has 0 radical (unpaired) electrons. The van der Waals surface area contributed by atoms with Crippen molar-refractivity contribution in [2.75, 3.05) is 26.1 Å². The van der Waals surface area contributed by atoms with E-state index in [1.807, 2.05) is 25.1 Å². The van der Waals surface area contributed by atoms with Crippen LogP contribution in [-0.2, 0) is 6.54 Å². The molecule has 7 nitrogen and oxygen atoms in total. The number of aromatic nitrogens is 2. The number of nitrogens with zero attached hydrogens (tertiary/aromatic N) is 3. The average molecular weight is 499 g/mol. The van der Waals surface area contributed by atoms with Gasteiger partial charge in [0.1, 0.15) is 0 Å². The zero-order valence-electron chi connectivity index (χ0n) is 16.8. The molecule has 2 N–H and O–H groups in total. The van der Waals surface area contributed by atoms with E-state index in [0.717, 1.165) is 17.9 Å². The molecule has 28 heavy (non-hydrogen) atoms. The Bertz CT molecular complexity index is 772. The van der Waals surface area contributed by atoms with Gasteiger partial charge in [-0.15, -0.1) is 24.0 Å². The zero-order valence-corrected chi connectivity index (χ0v) is 19.1. The van der Waals surface area contributed by atoms with Gasteiger partial charge in [-0.2, -0.15) is 5.10 Å². The Hall–Kier alpha value is -1.97. The highest BCUT2D eigenvalue weighted by Crippen LogP contribution is 2.30. The summed E-state index contributed by atoms with van der Waals surface area (Å²) >= 11 is 0. The highest BCUT2D eigenvalue weighted by atomic mass is 127. The summed E-state index contributed by atoms with van der Waals surface area (Å²) in [7, 11) is 3.25. The van der Waals surface area contributed by atoms with Crippen molar-refractivity contribution >= 4 is 35.6 Å². The normalized spacial score (nSPS) is 14.5. The molecule has 1 aliphatic carbocycles. The zero-order chi connectivity index (χ0) is 19.1. The van der Waals surface area contributed by atoms with Crippen molar-refractivity contribution in [1.29, 1.82) is 0 Å². The molecule has 0 unspecified atom stereocenters. The van der Waals surface area contributed by atoms with Gasteiger partial charge in [-0.1, -0.05) is 12.8 Å². The van der Waals surface area contributed by atoms with Gasteiger partial charge >= 0.3 is 0 Å². The summed E-state index contributed by atoms with van der Waals surface area (Å²) in [4.78, 5) is 4.66. The first-order valence-electron chi connectivity index (χ1n) is 9.55. The molecule has 2 aromatic rings. The molecule has 0 bridgehead atoms. The summed E-state index contributed by atoms with van der Waals surface area (Å²) in [5.74, 6) is 2.08. The highest BCUT2D eigenvalue weighted by Gasteiger charge is 2.17. The molecular formula is C20H30IN5O2. The van der Waals surface area contributed by atoms with E-state index in [9.17, 15) is 0 Å². The first-order valence-corrected chi connectivity index (χ1v) is 9.55. The number of nitrogens with one attached hydrogen (secondary N) is 2. The number of benzene rings is 1. The lowest BCUT2D eigenvalue weighted by molar-refractivity contribution is 0.355. The molecule has 1 aromatic carbocycles. The van der Waals surface area contributed by atoms with Gasteiger partial charge in [-0.05, 0) is 38.0 Å². The second-order valence-electron chi connectivity index (χ2n) is 6.62. The van der Waals surface area contributed by atoms with Crippen molar-refractivity contribution in [2.45, 2.75) is 45.2 Å². The van der Waals surface area contributed by atoms with Crippen LogP contribution < -0.4 is 20.1 Å². The molecule has 0 spiro atoms. The van der Waals surface area contributed by atoms with Gasteiger partial charge in [0.2, 0.25) is 0 Å². The largest absolute Gasteiger partial charge is 0.493 e.